The Morgan fingerprint density at radius 2 is 1.50 bits per heavy atom. The molecule has 1 aliphatic carbocycles. The molecular weight excluding hydrogens is 360 g/mol. The van der Waals surface area contributed by atoms with E-state index < -0.39 is 11.6 Å². The first kappa shape index (κ1) is 22.2. The van der Waals surface area contributed by atoms with Crippen LogP contribution in [-0.2, 0) is 18.9 Å². The predicted molar refractivity (Wildman–Crippen MR) is 106 cm³/mol. The molecule has 2 unspecified atom stereocenters. The van der Waals surface area contributed by atoms with Crippen molar-refractivity contribution in [2.45, 2.75) is 65.0 Å². The van der Waals surface area contributed by atoms with Crippen molar-refractivity contribution in [2.75, 3.05) is 39.6 Å². The zero-order valence-electron chi connectivity index (χ0n) is 18.0. The molecule has 2 atom stereocenters. The molecule has 162 valence electrons. The fraction of sp³-hybridized carbons (Fsp3) is 0.909. The van der Waals surface area contributed by atoms with Gasteiger partial charge in [0.15, 0.2) is 11.6 Å². The Morgan fingerprint density at radius 1 is 0.929 bits per heavy atom. The van der Waals surface area contributed by atoms with Crippen molar-refractivity contribution >= 4 is 0 Å². The van der Waals surface area contributed by atoms with Gasteiger partial charge in [0.2, 0.25) is 0 Å². The van der Waals surface area contributed by atoms with Crippen molar-refractivity contribution in [3.05, 3.63) is 12.2 Å². The average molecular weight is 399 g/mol. The molecule has 0 aromatic carbocycles. The minimum atomic E-state index is -0.740. The van der Waals surface area contributed by atoms with Crippen LogP contribution < -0.4 is 0 Å². The topological polar surface area (TPSA) is 77.4 Å². The van der Waals surface area contributed by atoms with Gasteiger partial charge in [-0.15, -0.1) is 0 Å². The number of aliphatic hydroxyl groups excluding tert-OH is 2. The van der Waals surface area contributed by atoms with E-state index >= 15 is 0 Å². The smallest absolute Gasteiger partial charge is 0.175 e. The number of hydrogen-bond acceptors (Lipinski definition) is 6. The number of hydrogen-bond donors (Lipinski definition) is 2. The van der Waals surface area contributed by atoms with Gasteiger partial charge in [0.25, 0.3) is 0 Å². The minimum Gasteiger partial charge on any atom is -0.396 e. The van der Waals surface area contributed by atoms with Crippen LogP contribution in [0, 0.1) is 22.7 Å². The summed E-state index contributed by atoms with van der Waals surface area (Å²) in [6.07, 6.45) is 2.99. The lowest BCUT2D eigenvalue weighted by Crippen LogP contribution is -2.65. The van der Waals surface area contributed by atoms with Gasteiger partial charge in [-0.1, -0.05) is 32.9 Å². The second kappa shape index (κ2) is 7.97. The molecule has 2 heterocycles. The van der Waals surface area contributed by atoms with E-state index in [0.717, 1.165) is 18.4 Å². The highest BCUT2D eigenvalue weighted by Crippen LogP contribution is 2.55. The van der Waals surface area contributed by atoms with Crippen molar-refractivity contribution in [3.63, 3.8) is 0 Å². The van der Waals surface area contributed by atoms with Gasteiger partial charge in [0.05, 0.1) is 39.6 Å². The van der Waals surface area contributed by atoms with E-state index in [2.05, 4.69) is 20.4 Å². The van der Waals surface area contributed by atoms with Gasteiger partial charge in [-0.25, -0.2) is 0 Å². The predicted octanol–water partition coefficient (Wildman–Crippen LogP) is 2.87. The van der Waals surface area contributed by atoms with Crippen LogP contribution in [0.4, 0.5) is 0 Å². The molecule has 3 aliphatic rings. The van der Waals surface area contributed by atoms with Crippen LogP contribution in [-0.4, -0.2) is 61.4 Å². The molecule has 0 aromatic heterocycles. The first-order valence-corrected chi connectivity index (χ1v) is 10.6. The van der Waals surface area contributed by atoms with Crippen molar-refractivity contribution in [2.24, 2.45) is 22.7 Å². The third-order valence-corrected chi connectivity index (χ3v) is 7.30. The minimum absolute atomic E-state index is 0.0419. The Hall–Kier alpha value is -0.500. The van der Waals surface area contributed by atoms with Gasteiger partial charge < -0.3 is 29.2 Å². The second-order valence-electron chi connectivity index (χ2n) is 9.67. The van der Waals surface area contributed by atoms with E-state index in [9.17, 15) is 10.2 Å². The lowest BCUT2D eigenvalue weighted by Gasteiger charge is -2.59. The molecule has 0 amide bonds. The van der Waals surface area contributed by atoms with E-state index in [4.69, 9.17) is 18.9 Å². The normalized spacial score (nSPS) is 46.8. The summed E-state index contributed by atoms with van der Waals surface area (Å²) in [5.74, 6) is -1.37. The summed E-state index contributed by atoms with van der Waals surface area (Å²) in [7, 11) is 0. The molecule has 3 fully saturated rings. The summed E-state index contributed by atoms with van der Waals surface area (Å²) >= 11 is 0. The molecular formula is C22H38O6. The SMILES string of the molecule is C=C(C)C1CC2(OCC(C)(CO)CO2)C(CC)CC12OCC(CC)(CO)CO2. The number of rotatable bonds is 5. The van der Waals surface area contributed by atoms with E-state index in [1.807, 2.05) is 13.8 Å². The largest absolute Gasteiger partial charge is 0.396 e. The van der Waals surface area contributed by atoms with E-state index in [-0.39, 0.29) is 35.9 Å². The Labute approximate surface area is 169 Å². The fourth-order valence-corrected chi connectivity index (χ4v) is 4.73. The van der Waals surface area contributed by atoms with Crippen molar-refractivity contribution in [1.29, 1.82) is 0 Å². The molecule has 2 saturated heterocycles. The molecule has 0 aromatic rings. The van der Waals surface area contributed by atoms with E-state index in [1.165, 1.54) is 0 Å². The molecule has 0 bridgehead atoms. The van der Waals surface area contributed by atoms with Crippen molar-refractivity contribution < 1.29 is 29.2 Å². The van der Waals surface area contributed by atoms with Crippen LogP contribution >= 0.6 is 0 Å². The monoisotopic (exact) mass is 398 g/mol. The lowest BCUT2D eigenvalue weighted by atomic mass is 9.68. The van der Waals surface area contributed by atoms with Crippen LogP contribution in [0.2, 0.25) is 0 Å². The van der Waals surface area contributed by atoms with Crippen molar-refractivity contribution in [1.82, 2.24) is 0 Å². The van der Waals surface area contributed by atoms with Gasteiger partial charge in [-0.2, -0.15) is 0 Å². The highest BCUT2D eigenvalue weighted by atomic mass is 16.7. The number of aliphatic hydroxyl groups is 2. The molecule has 6 heteroatoms. The Bertz CT molecular complexity index is 551. The average Bonchev–Trinajstić information content (AvgIpc) is 2.72. The van der Waals surface area contributed by atoms with Gasteiger partial charge in [0, 0.05) is 35.5 Å². The summed E-state index contributed by atoms with van der Waals surface area (Å²) in [4.78, 5) is 0. The quantitative estimate of drug-likeness (QED) is 0.694. The summed E-state index contributed by atoms with van der Waals surface area (Å²) in [6.45, 7) is 14.4. The Kier molecular flexibility index (Phi) is 6.32. The third-order valence-electron chi connectivity index (χ3n) is 7.30. The third kappa shape index (κ3) is 3.68. The maximum Gasteiger partial charge on any atom is 0.175 e. The molecule has 2 spiro atoms. The summed E-state index contributed by atoms with van der Waals surface area (Å²) < 4.78 is 25.5. The van der Waals surface area contributed by atoms with Crippen LogP contribution in [0.1, 0.15) is 53.4 Å². The maximum absolute atomic E-state index is 9.83. The van der Waals surface area contributed by atoms with Crippen LogP contribution in [0.15, 0.2) is 12.2 Å². The molecule has 3 rings (SSSR count). The highest BCUT2D eigenvalue weighted by Gasteiger charge is 2.61. The standard InChI is InChI=1S/C22H38O6/c1-6-17-8-22(27-14-20(7-2,11-24)15-28-22)18(16(3)4)9-21(17)25-12-19(5,10-23)13-26-21/h17-18,23-24H,3,6-15H2,1-2,4-5H3. The number of ether oxygens (including phenoxy) is 4. The van der Waals surface area contributed by atoms with E-state index in [0.29, 0.717) is 39.3 Å². The van der Waals surface area contributed by atoms with Gasteiger partial charge >= 0.3 is 0 Å². The van der Waals surface area contributed by atoms with E-state index in [1.54, 1.807) is 0 Å². The maximum atomic E-state index is 9.83. The molecule has 28 heavy (non-hydrogen) atoms. The summed E-state index contributed by atoms with van der Waals surface area (Å²) in [6, 6.07) is 0. The zero-order chi connectivity index (χ0) is 20.6. The first-order valence-electron chi connectivity index (χ1n) is 10.6. The zero-order valence-corrected chi connectivity index (χ0v) is 18.0. The second-order valence-corrected chi connectivity index (χ2v) is 9.67. The molecule has 2 N–H and O–H groups in total. The van der Waals surface area contributed by atoms with Gasteiger partial charge in [-0.3, -0.25) is 0 Å². The lowest BCUT2D eigenvalue weighted by molar-refractivity contribution is -0.400. The Balaban J connectivity index is 1.84. The van der Waals surface area contributed by atoms with Crippen LogP contribution in [0.25, 0.3) is 0 Å². The van der Waals surface area contributed by atoms with Gasteiger partial charge in [0.1, 0.15) is 0 Å². The Morgan fingerprint density at radius 3 is 1.93 bits per heavy atom. The summed E-state index contributed by atoms with van der Waals surface area (Å²) in [5.41, 5.74) is 0.296. The summed E-state index contributed by atoms with van der Waals surface area (Å²) in [5, 5.41) is 19.5. The molecule has 0 radical (unpaired) electrons. The van der Waals surface area contributed by atoms with Crippen molar-refractivity contribution in [3.8, 4) is 0 Å². The van der Waals surface area contributed by atoms with Gasteiger partial charge in [-0.05, 0) is 19.8 Å². The van der Waals surface area contributed by atoms with Crippen LogP contribution in [0.3, 0.4) is 0 Å². The van der Waals surface area contributed by atoms with Crippen LogP contribution in [0.5, 0.6) is 0 Å². The first-order chi connectivity index (χ1) is 13.2. The molecule has 1 saturated carbocycles. The highest BCUT2D eigenvalue weighted by molar-refractivity contribution is 5.12. The molecule has 2 aliphatic heterocycles. The molecule has 6 nitrogen and oxygen atoms in total. The fourth-order valence-electron chi connectivity index (χ4n) is 4.73.